The molecule has 19 heavy (non-hydrogen) atoms. The van der Waals surface area contributed by atoms with E-state index < -0.39 is 5.97 Å². The first-order valence-corrected chi connectivity index (χ1v) is 6.33. The van der Waals surface area contributed by atoms with Gasteiger partial charge in [0.05, 0.1) is 18.6 Å². The number of ether oxygens (including phenoxy) is 1. The Morgan fingerprint density at radius 3 is 2.74 bits per heavy atom. The van der Waals surface area contributed by atoms with E-state index in [9.17, 15) is 9.59 Å². The molecule has 1 aromatic rings. The molecule has 0 aromatic carbocycles. The smallest absolute Gasteiger partial charge is 0.348 e. The molecule has 1 saturated heterocycles. The number of aromatic nitrogens is 2. The lowest BCUT2D eigenvalue weighted by Crippen LogP contribution is -2.34. The van der Waals surface area contributed by atoms with E-state index >= 15 is 0 Å². The summed E-state index contributed by atoms with van der Waals surface area (Å²) in [5.41, 5.74) is 1.47. The highest BCUT2D eigenvalue weighted by molar-refractivity contribution is 5.70. The van der Waals surface area contributed by atoms with Gasteiger partial charge in [0, 0.05) is 23.6 Å². The average Bonchev–Trinajstić information content (AvgIpc) is 2.71. The number of aryl methyl sites for hydroxylation is 1. The third kappa shape index (κ3) is 2.53. The number of nitrogens with zero attached hydrogens (tertiary/aromatic N) is 2. The minimum absolute atomic E-state index is 0.0569. The van der Waals surface area contributed by atoms with Gasteiger partial charge in [-0.15, -0.1) is 0 Å². The molecule has 1 fully saturated rings. The van der Waals surface area contributed by atoms with Crippen LogP contribution in [0.5, 0.6) is 0 Å². The number of aliphatic carboxylic acids is 1. The maximum absolute atomic E-state index is 12.1. The highest BCUT2D eigenvalue weighted by Crippen LogP contribution is 2.26. The molecule has 6 nitrogen and oxygen atoms in total. The summed E-state index contributed by atoms with van der Waals surface area (Å²) >= 11 is 0. The van der Waals surface area contributed by atoms with Crippen LogP contribution in [-0.2, 0) is 16.0 Å². The van der Waals surface area contributed by atoms with E-state index in [1.54, 1.807) is 18.4 Å². The van der Waals surface area contributed by atoms with Crippen molar-refractivity contribution in [2.75, 3.05) is 6.61 Å². The van der Waals surface area contributed by atoms with Gasteiger partial charge in [0.25, 0.3) is 0 Å². The molecule has 2 unspecified atom stereocenters. The number of hydrogen-bond donors (Lipinski definition) is 1. The molecule has 2 rings (SSSR count). The zero-order valence-corrected chi connectivity index (χ0v) is 11.3. The summed E-state index contributed by atoms with van der Waals surface area (Å²) in [7, 11) is 0. The van der Waals surface area contributed by atoms with E-state index in [-0.39, 0.29) is 24.3 Å². The summed E-state index contributed by atoms with van der Waals surface area (Å²) in [6.07, 6.45) is 0.574. The van der Waals surface area contributed by atoms with Crippen LogP contribution in [0.15, 0.2) is 4.79 Å². The van der Waals surface area contributed by atoms with Gasteiger partial charge in [-0.25, -0.2) is 4.79 Å². The SMILES string of the molecule is Cc1nc(=O)n(C2CCOC2C)c(C)c1CC(=O)O. The first-order valence-electron chi connectivity index (χ1n) is 6.33. The molecule has 0 aliphatic carbocycles. The molecule has 0 saturated carbocycles. The van der Waals surface area contributed by atoms with Crippen molar-refractivity contribution in [3.63, 3.8) is 0 Å². The predicted molar refractivity (Wildman–Crippen MR) is 68.4 cm³/mol. The van der Waals surface area contributed by atoms with Crippen LogP contribution in [0, 0.1) is 13.8 Å². The average molecular weight is 266 g/mol. The Bertz CT molecular complexity index is 564. The fourth-order valence-corrected chi connectivity index (χ4v) is 2.67. The number of carboxylic acids is 1. The van der Waals surface area contributed by atoms with Crippen molar-refractivity contribution < 1.29 is 14.6 Å². The van der Waals surface area contributed by atoms with Crippen LogP contribution < -0.4 is 5.69 Å². The summed E-state index contributed by atoms with van der Waals surface area (Å²) in [6, 6.07) is -0.0619. The quantitative estimate of drug-likeness (QED) is 0.876. The van der Waals surface area contributed by atoms with Gasteiger partial charge in [-0.05, 0) is 27.2 Å². The highest BCUT2D eigenvalue weighted by atomic mass is 16.5. The predicted octanol–water partition coefficient (Wildman–Crippen LogP) is 0.837. The lowest BCUT2D eigenvalue weighted by atomic mass is 10.1. The van der Waals surface area contributed by atoms with Gasteiger partial charge in [-0.1, -0.05) is 0 Å². The van der Waals surface area contributed by atoms with Crippen LogP contribution in [-0.4, -0.2) is 33.3 Å². The van der Waals surface area contributed by atoms with Gasteiger partial charge in [0.2, 0.25) is 0 Å². The second-order valence-electron chi connectivity index (χ2n) is 4.92. The van der Waals surface area contributed by atoms with Gasteiger partial charge in [0.15, 0.2) is 0 Å². The normalized spacial score (nSPS) is 22.7. The molecule has 2 heterocycles. The highest BCUT2D eigenvalue weighted by Gasteiger charge is 2.29. The molecule has 0 bridgehead atoms. The van der Waals surface area contributed by atoms with Gasteiger partial charge < -0.3 is 9.84 Å². The third-order valence-electron chi connectivity index (χ3n) is 3.70. The van der Waals surface area contributed by atoms with Crippen LogP contribution in [0.1, 0.15) is 36.3 Å². The second-order valence-corrected chi connectivity index (χ2v) is 4.92. The Morgan fingerprint density at radius 1 is 1.53 bits per heavy atom. The molecule has 0 spiro atoms. The zero-order chi connectivity index (χ0) is 14.2. The molecule has 1 N–H and O–H groups in total. The topological polar surface area (TPSA) is 81.4 Å². The summed E-state index contributed by atoms with van der Waals surface area (Å²) in [6.45, 7) is 5.98. The van der Waals surface area contributed by atoms with Crippen molar-refractivity contribution in [3.05, 3.63) is 27.4 Å². The number of rotatable bonds is 3. The van der Waals surface area contributed by atoms with E-state index in [0.29, 0.717) is 23.6 Å². The van der Waals surface area contributed by atoms with Crippen LogP contribution in [0.25, 0.3) is 0 Å². The minimum Gasteiger partial charge on any atom is -0.481 e. The lowest BCUT2D eigenvalue weighted by molar-refractivity contribution is -0.136. The Kier molecular flexibility index (Phi) is 3.71. The van der Waals surface area contributed by atoms with Crippen molar-refractivity contribution in [1.29, 1.82) is 0 Å². The number of carboxylic acid groups (broad SMARTS) is 1. The molecule has 1 aliphatic heterocycles. The second kappa shape index (κ2) is 5.13. The maximum atomic E-state index is 12.1. The summed E-state index contributed by atoms with van der Waals surface area (Å²) in [4.78, 5) is 27.0. The van der Waals surface area contributed by atoms with E-state index in [1.165, 1.54) is 0 Å². The standard InChI is InChI=1S/C13H18N2O4/c1-7-10(6-12(16)17)8(2)15(13(18)14-7)11-4-5-19-9(11)3/h9,11H,4-6H2,1-3H3,(H,16,17). The lowest BCUT2D eigenvalue weighted by Gasteiger charge is -2.22. The van der Waals surface area contributed by atoms with Gasteiger partial charge in [-0.3, -0.25) is 9.36 Å². The van der Waals surface area contributed by atoms with E-state index in [0.717, 1.165) is 6.42 Å². The van der Waals surface area contributed by atoms with Crippen LogP contribution in [0.3, 0.4) is 0 Å². The molecule has 0 radical (unpaired) electrons. The van der Waals surface area contributed by atoms with Crippen LogP contribution in [0.4, 0.5) is 0 Å². The van der Waals surface area contributed by atoms with Crippen molar-refractivity contribution in [1.82, 2.24) is 9.55 Å². The minimum atomic E-state index is -0.922. The summed E-state index contributed by atoms with van der Waals surface area (Å²) in [5.74, 6) is -0.922. The van der Waals surface area contributed by atoms with Gasteiger partial charge in [0.1, 0.15) is 0 Å². The molecular weight excluding hydrogens is 248 g/mol. The molecular formula is C13H18N2O4. The van der Waals surface area contributed by atoms with Gasteiger partial charge >= 0.3 is 11.7 Å². The molecule has 2 atom stereocenters. The molecule has 1 aromatic heterocycles. The number of carbonyl (C=O) groups is 1. The fraction of sp³-hybridized carbons (Fsp3) is 0.615. The molecule has 0 amide bonds. The van der Waals surface area contributed by atoms with Crippen LogP contribution in [0.2, 0.25) is 0 Å². The first-order chi connectivity index (χ1) is 8.91. The summed E-state index contributed by atoms with van der Waals surface area (Å²) < 4.78 is 7.06. The van der Waals surface area contributed by atoms with Crippen molar-refractivity contribution in [2.45, 2.75) is 45.8 Å². The molecule has 6 heteroatoms. The third-order valence-corrected chi connectivity index (χ3v) is 3.70. The van der Waals surface area contributed by atoms with Crippen LogP contribution >= 0.6 is 0 Å². The summed E-state index contributed by atoms with van der Waals surface area (Å²) in [5, 5.41) is 8.95. The van der Waals surface area contributed by atoms with E-state index in [2.05, 4.69) is 4.98 Å². The monoisotopic (exact) mass is 266 g/mol. The van der Waals surface area contributed by atoms with Gasteiger partial charge in [-0.2, -0.15) is 4.98 Å². The number of hydrogen-bond acceptors (Lipinski definition) is 4. The fourth-order valence-electron chi connectivity index (χ4n) is 2.67. The van der Waals surface area contributed by atoms with E-state index in [4.69, 9.17) is 9.84 Å². The maximum Gasteiger partial charge on any atom is 0.348 e. The largest absolute Gasteiger partial charge is 0.481 e. The molecule has 1 aliphatic rings. The molecule has 104 valence electrons. The van der Waals surface area contributed by atoms with Crippen molar-refractivity contribution in [3.8, 4) is 0 Å². The Morgan fingerprint density at radius 2 is 2.21 bits per heavy atom. The zero-order valence-electron chi connectivity index (χ0n) is 11.3. The Balaban J connectivity index is 2.54. The Labute approximate surface area is 111 Å². The van der Waals surface area contributed by atoms with Crippen molar-refractivity contribution >= 4 is 5.97 Å². The van der Waals surface area contributed by atoms with Crippen molar-refractivity contribution in [2.24, 2.45) is 0 Å². The van der Waals surface area contributed by atoms with E-state index in [1.807, 2.05) is 6.92 Å². The Hall–Kier alpha value is -1.69. The first kappa shape index (κ1) is 13.7.